The number of hydrogen-bond acceptors (Lipinski definition) is 3. The third-order valence-corrected chi connectivity index (χ3v) is 6.01. The smallest absolute Gasteiger partial charge is 0.106 e. The highest BCUT2D eigenvalue weighted by Gasteiger charge is 2.19. The van der Waals surface area contributed by atoms with Crippen LogP contribution < -0.4 is 0 Å². The summed E-state index contributed by atoms with van der Waals surface area (Å²) in [6.07, 6.45) is 5.55. The average molecular weight is 273 g/mol. The third kappa shape index (κ3) is 2.90. The summed E-state index contributed by atoms with van der Waals surface area (Å²) in [4.78, 5) is 4.35. The third-order valence-electron chi connectivity index (χ3n) is 3.21. The SMILES string of the molecule is c1ccc(SSC2CCc3ccccc3C2)nc1. The van der Waals surface area contributed by atoms with Crippen molar-refractivity contribution in [3.63, 3.8) is 0 Å². The van der Waals surface area contributed by atoms with E-state index >= 15 is 0 Å². The van der Waals surface area contributed by atoms with Crippen LogP contribution in [0.5, 0.6) is 0 Å². The summed E-state index contributed by atoms with van der Waals surface area (Å²) in [5, 5.41) is 1.83. The molecule has 2 aromatic rings. The molecule has 0 amide bonds. The van der Waals surface area contributed by atoms with Crippen molar-refractivity contribution in [3.05, 3.63) is 59.8 Å². The summed E-state index contributed by atoms with van der Waals surface area (Å²) < 4.78 is 0. The van der Waals surface area contributed by atoms with Gasteiger partial charge in [0.1, 0.15) is 5.03 Å². The lowest BCUT2D eigenvalue weighted by molar-refractivity contribution is 0.705. The molecule has 0 N–H and O–H groups in total. The molecule has 0 bridgehead atoms. The van der Waals surface area contributed by atoms with Crippen LogP contribution in [0.15, 0.2) is 53.7 Å². The molecule has 1 heterocycles. The molecule has 0 fully saturated rings. The van der Waals surface area contributed by atoms with Gasteiger partial charge in [-0.15, -0.1) is 0 Å². The van der Waals surface area contributed by atoms with Crippen molar-refractivity contribution in [2.75, 3.05) is 0 Å². The molecule has 3 heteroatoms. The Balaban J connectivity index is 1.60. The van der Waals surface area contributed by atoms with Crippen LogP contribution in [0.2, 0.25) is 0 Å². The van der Waals surface area contributed by atoms with E-state index in [0.717, 1.165) is 5.03 Å². The van der Waals surface area contributed by atoms with E-state index in [4.69, 9.17) is 0 Å². The maximum atomic E-state index is 4.35. The fourth-order valence-corrected chi connectivity index (χ4v) is 4.69. The molecule has 0 saturated heterocycles. The van der Waals surface area contributed by atoms with Gasteiger partial charge < -0.3 is 0 Å². The first kappa shape index (κ1) is 12.1. The second kappa shape index (κ2) is 5.81. The normalized spacial score (nSPS) is 18.3. The van der Waals surface area contributed by atoms with Gasteiger partial charge in [-0.1, -0.05) is 41.1 Å². The lowest BCUT2D eigenvalue weighted by Gasteiger charge is -2.23. The minimum atomic E-state index is 0.715. The fourth-order valence-electron chi connectivity index (χ4n) is 2.26. The van der Waals surface area contributed by atoms with E-state index in [1.165, 1.54) is 30.4 Å². The van der Waals surface area contributed by atoms with Crippen LogP contribution in [0.3, 0.4) is 0 Å². The Morgan fingerprint density at radius 3 is 2.67 bits per heavy atom. The van der Waals surface area contributed by atoms with Crippen molar-refractivity contribution < 1.29 is 0 Å². The minimum Gasteiger partial charge on any atom is -0.249 e. The standard InChI is InChI=1S/C15H15NS2/c1-2-6-13-11-14(9-8-12(13)5-1)17-18-15-7-3-4-10-16-15/h1-7,10,14H,8-9,11H2. The summed E-state index contributed by atoms with van der Waals surface area (Å²) >= 11 is 0. The van der Waals surface area contributed by atoms with Crippen molar-refractivity contribution >= 4 is 21.6 Å². The topological polar surface area (TPSA) is 12.9 Å². The van der Waals surface area contributed by atoms with Gasteiger partial charge in [-0.05, 0) is 53.3 Å². The molecular formula is C15H15NS2. The Morgan fingerprint density at radius 2 is 1.83 bits per heavy atom. The number of fused-ring (bicyclic) bond motifs is 1. The Hall–Kier alpha value is -0.930. The Kier molecular flexibility index (Phi) is 3.91. The van der Waals surface area contributed by atoms with Gasteiger partial charge in [0.15, 0.2) is 0 Å². The van der Waals surface area contributed by atoms with Gasteiger partial charge in [-0.3, -0.25) is 0 Å². The van der Waals surface area contributed by atoms with Crippen LogP contribution >= 0.6 is 21.6 Å². The van der Waals surface area contributed by atoms with Gasteiger partial charge in [0, 0.05) is 11.4 Å². The zero-order valence-electron chi connectivity index (χ0n) is 10.1. The molecule has 18 heavy (non-hydrogen) atoms. The molecule has 1 unspecified atom stereocenters. The molecule has 92 valence electrons. The predicted octanol–water partition coefficient (Wildman–Crippen LogP) is 4.38. The summed E-state index contributed by atoms with van der Waals surface area (Å²) in [5.74, 6) is 0. The maximum Gasteiger partial charge on any atom is 0.106 e. The Labute approximate surface area is 116 Å². The second-order valence-electron chi connectivity index (χ2n) is 4.48. The number of benzene rings is 1. The molecular weight excluding hydrogens is 258 g/mol. The van der Waals surface area contributed by atoms with Gasteiger partial charge in [-0.2, -0.15) is 0 Å². The van der Waals surface area contributed by atoms with Crippen LogP contribution in [0.1, 0.15) is 17.5 Å². The molecule has 1 aromatic carbocycles. The molecule has 1 atom stereocenters. The molecule has 0 aliphatic heterocycles. The minimum absolute atomic E-state index is 0.715. The van der Waals surface area contributed by atoms with E-state index in [1.807, 2.05) is 39.9 Å². The summed E-state index contributed by atoms with van der Waals surface area (Å²) in [6.45, 7) is 0. The number of rotatable bonds is 3. The number of nitrogens with zero attached hydrogens (tertiary/aromatic N) is 1. The molecule has 0 spiro atoms. The van der Waals surface area contributed by atoms with E-state index < -0.39 is 0 Å². The maximum absolute atomic E-state index is 4.35. The van der Waals surface area contributed by atoms with Gasteiger partial charge in [0.25, 0.3) is 0 Å². The van der Waals surface area contributed by atoms with Gasteiger partial charge in [0.2, 0.25) is 0 Å². The van der Waals surface area contributed by atoms with E-state index in [2.05, 4.69) is 35.3 Å². The van der Waals surface area contributed by atoms with E-state index in [1.54, 1.807) is 0 Å². The van der Waals surface area contributed by atoms with Crippen LogP contribution in [-0.4, -0.2) is 10.2 Å². The highest BCUT2D eigenvalue weighted by molar-refractivity contribution is 8.76. The first-order chi connectivity index (χ1) is 8.92. The van der Waals surface area contributed by atoms with Crippen LogP contribution in [0.25, 0.3) is 0 Å². The zero-order chi connectivity index (χ0) is 12.2. The predicted molar refractivity (Wildman–Crippen MR) is 79.9 cm³/mol. The first-order valence-electron chi connectivity index (χ1n) is 6.23. The number of aromatic nitrogens is 1. The molecule has 0 saturated carbocycles. The van der Waals surface area contributed by atoms with Crippen molar-refractivity contribution in [1.82, 2.24) is 4.98 Å². The average Bonchev–Trinajstić information content (AvgIpc) is 2.46. The first-order valence-corrected chi connectivity index (χ1v) is 8.44. The molecule has 1 aromatic heterocycles. The van der Waals surface area contributed by atoms with Gasteiger partial charge in [-0.25, -0.2) is 4.98 Å². The van der Waals surface area contributed by atoms with Gasteiger partial charge in [0.05, 0.1) is 0 Å². The number of aryl methyl sites for hydroxylation is 1. The van der Waals surface area contributed by atoms with E-state index in [-0.39, 0.29) is 0 Å². The zero-order valence-corrected chi connectivity index (χ0v) is 11.7. The highest BCUT2D eigenvalue weighted by atomic mass is 33.1. The van der Waals surface area contributed by atoms with Crippen LogP contribution in [0, 0.1) is 0 Å². The molecule has 1 aliphatic carbocycles. The summed E-state index contributed by atoms with van der Waals surface area (Å²) in [7, 11) is 3.78. The van der Waals surface area contributed by atoms with Gasteiger partial charge >= 0.3 is 0 Å². The second-order valence-corrected chi connectivity index (χ2v) is 7.00. The van der Waals surface area contributed by atoms with E-state index in [0.29, 0.717) is 5.25 Å². The lowest BCUT2D eigenvalue weighted by atomic mass is 9.92. The Bertz CT molecular complexity index is 513. The van der Waals surface area contributed by atoms with Crippen molar-refractivity contribution in [3.8, 4) is 0 Å². The fraction of sp³-hybridized carbons (Fsp3) is 0.267. The van der Waals surface area contributed by atoms with E-state index in [9.17, 15) is 0 Å². The number of pyridine rings is 1. The van der Waals surface area contributed by atoms with Crippen molar-refractivity contribution in [2.24, 2.45) is 0 Å². The lowest BCUT2D eigenvalue weighted by Crippen LogP contribution is -2.15. The Morgan fingerprint density at radius 1 is 1.00 bits per heavy atom. The largest absolute Gasteiger partial charge is 0.249 e. The summed E-state index contributed by atoms with van der Waals surface area (Å²) in [6, 6.07) is 14.9. The molecule has 1 nitrogen and oxygen atoms in total. The molecule has 1 aliphatic rings. The monoisotopic (exact) mass is 273 g/mol. The van der Waals surface area contributed by atoms with Crippen molar-refractivity contribution in [2.45, 2.75) is 29.5 Å². The summed E-state index contributed by atoms with van der Waals surface area (Å²) in [5.41, 5.74) is 3.07. The van der Waals surface area contributed by atoms with Crippen LogP contribution in [0.4, 0.5) is 0 Å². The number of hydrogen-bond donors (Lipinski definition) is 0. The highest BCUT2D eigenvalue weighted by Crippen LogP contribution is 2.38. The quantitative estimate of drug-likeness (QED) is 0.770. The van der Waals surface area contributed by atoms with Crippen LogP contribution in [-0.2, 0) is 12.8 Å². The molecule has 0 radical (unpaired) electrons. The molecule has 3 rings (SSSR count). The van der Waals surface area contributed by atoms with Crippen molar-refractivity contribution in [1.29, 1.82) is 0 Å².